The highest BCUT2D eigenvalue weighted by Crippen LogP contribution is 2.44. The summed E-state index contributed by atoms with van der Waals surface area (Å²) in [5.74, 6) is 0.542. The zero-order valence-corrected chi connectivity index (χ0v) is 19.9. The number of carbonyl (C=O) groups is 1. The third kappa shape index (κ3) is 4.89. The second kappa shape index (κ2) is 10.2. The van der Waals surface area contributed by atoms with E-state index in [0.29, 0.717) is 12.2 Å². The average molecular weight is 445 g/mol. The second-order valence-electron chi connectivity index (χ2n) is 9.52. The van der Waals surface area contributed by atoms with E-state index in [4.69, 9.17) is 0 Å². The van der Waals surface area contributed by atoms with Gasteiger partial charge >= 0.3 is 0 Å². The summed E-state index contributed by atoms with van der Waals surface area (Å²) in [5, 5.41) is 0. The van der Waals surface area contributed by atoms with Crippen molar-refractivity contribution in [2.75, 3.05) is 0 Å². The molecular weight excluding hydrogens is 412 g/mol. The zero-order chi connectivity index (χ0) is 23.3. The van der Waals surface area contributed by atoms with Gasteiger partial charge in [0.05, 0.1) is 0 Å². The molecular formula is C33H32O. The minimum atomic E-state index is -0.0498. The van der Waals surface area contributed by atoms with E-state index in [9.17, 15) is 4.79 Å². The number of ketones is 1. The topological polar surface area (TPSA) is 17.1 Å². The summed E-state index contributed by atoms with van der Waals surface area (Å²) in [5.41, 5.74) is 9.16. The lowest BCUT2D eigenvalue weighted by Gasteiger charge is -2.19. The molecule has 0 aliphatic heterocycles. The van der Waals surface area contributed by atoms with Gasteiger partial charge in [0.2, 0.25) is 0 Å². The quantitative estimate of drug-likeness (QED) is 0.342. The molecule has 0 spiro atoms. The minimum absolute atomic E-state index is 0.0498. The molecule has 2 aliphatic rings. The lowest BCUT2D eigenvalue weighted by molar-refractivity contribution is -0.121. The van der Waals surface area contributed by atoms with E-state index >= 15 is 0 Å². The largest absolute Gasteiger partial charge is 0.299 e. The van der Waals surface area contributed by atoms with Gasteiger partial charge in [0.1, 0.15) is 5.78 Å². The molecule has 0 amide bonds. The van der Waals surface area contributed by atoms with Gasteiger partial charge < -0.3 is 0 Å². The molecule has 34 heavy (non-hydrogen) atoms. The molecule has 2 atom stereocenters. The fraction of sp³-hybridized carbons (Fsp3) is 0.242. The van der Waals surface area contributed by atoms with Crippen LogP contribution in [0.3, 0.4) is 0 Å². The van der Waals surface area contributed by atoms with Crippen LogP contribution in [0.15, 0.2) is 109 Å². The number of rotatable bonds is 8. The van der Waals surface area contributed by atoms with Crippen LogP contribution < -0.4 is 0 Å². The highest BCUT2D eigenvalue weighted by atomic mass is 16.1. The van der Waals surface area contributed by atoms with Gasteiger partial charge in [-0.2, -0.15) is 0 Å². The van der Waals surface area contributed by atoms with Crippen molar-refractivity contribution in [3.63, 3.8) is 0 Å². The summed E-state index contributed by atoms with van der Waals surface area (Å²) in [6.07, 6.45) is 11.1. The van der Waals surface area contributed by atoms with Crippen LogP contribution in [0.25, 0.3) is 11.1 Å². The monoisotopic (exact) mass is 444 g/mol. The van der Waals surface area contributed by atoms with Crippen LogP contribution in [-0.4, -0.2) is 5.78 Å². The predicted molar refractivity (Wildman–Crippen MR) is 142 cm³/mol. The number of aryl methyl sites for hydroxylation is 1. The lowest BCUT2D eigenvalue weighted by Crippen LogP contribution is -2.17. The Bertz CT molecular complexity index is 1230. The van der Waals surface area contributed by atoms with Crippen LogP contribution in [0.5, 0.6) is 0 Å². The van der Waals surface area contributed by atoms with Crippen molar-refractivity contribution >= 4 is 16.9 Å². The van der Waals surface area contributed by atoms with E-state index in [1.165, 1.54) is 39.0 Å². The Morgan fingerprint density at radius 2 is 1.44 bits per heavy atom. The first-order valence-corrected chi connectivity index (χ1v) is 12.5. The molecule has 0 radical (unpaired) electrons. The Morgan fingerprint density at radius 3 is 2.09 bits per heavy atom. The molecule has 0 saturated carbocycles. The van der Waals surface area contributed by atoms with Gasteiger partial charge in [-0.1, -0.05) is 116 Å². The number of hydrogen-bond acceptors (Lipinski definition) is 1. The van der Waals surface area contributed by atoms with Crippen LogP contribution >= 0.6 is 0 Å². The maximum absolute atomic E-state index is 13.5. The fourth-order valence-electron chi connectivity index (χ4n) is 5.33. The van der Waals surface area contributed by atoms with Crippen LogP contribution in [0, 0.1) is 5.92 Å². The molecule has 0 saturated heterocycles. The summed E-state index contributed by atoms with van der Waals surface area (Å²) in [4.78, 5) is 13.5. The summed E-state index contributed by atoms with van der Waals surface area (Å²) in [7, 11) is 0. The van der Waals surface area contributed by atoms with Crippen molar-refractivity contribution in [3.8, 4) is 0 Å². The highest BCUT2D eigenvalue weighted by molar-refractivity contribution is 5.88. The molecule has 2 unspecified atom stereocenters. The van der Waals surface area contributed by atoms with E-state index < -0.39 is 0 Å². The Hall–Kier alpha value is -3.45. The molecule has 0 N–H and O–H groups in total. The summed E-state index contributed by atoms with van der Waals surface area (Å²) >= 11 is 0. The first-order chi connectivity index (χ1) is 16.7. The molecule has 1 nitrogen and oxygen atoms in total. The van der Waals surface area contributed by atoms with Gasteiger partial charge in [0, 0.05) is 18.3 Å². The Kier molecular flexibility index (Phi) is 6.72. The van der Waals surface area contributed by atoms with E-state index in [1.807, 2.05) is 0 Å². The highest BCUT2D eigenvalue weighted by Gasteiger charge is 2.34. The van der Waals surface area contributed by atoms with Crippen molar-refractivity contribution in [2.45, 2.75) is 44.9 Å². The summed E-state index contributed by atoms with van der Waals surface area (Å²) in [6.45, 7) is 2.18. The molecule has 170 valence electrons. The number of carbonyl (C=O) groups excluding carboxylic acids is 1. The van der Waals surface area contributed by atoms with Crippen LogP contribution in [0.2, 0.25) is 0 Å². The van der Waals surface area contributed by atoms with Gasteiger partial charge in [-0.05, 0) is 59.1 Å². The minimum Gasteiger partial charge on any atom is -0.299 e. The smallest absolute Gasteiger partial charge is 0.140 e. The van der Waals surface area contributed by atoms with Crippen molar-refractivity contribution in [2.24, 2.45) is 5.92 Å². The van der Waals surface area contributed by atoms with Crippen molar-refractivity contribution < 1.29 is 4.79 Å². The molecule has 0 heterocycles. The molecule has 1 heteroatoms. The Morgan fingerprint density at radius 1 is 0.794 bits per heavy atom. The van der Waals surface area contributed by atoms with Crippen molar-refractivity contribution in [3.05, 3.63) is 131 Å². The predicted octanol–water partition coefficient (Wildman–Crippen LogP) is 8.20. The number of benzene rings is 3. The SMILES string of the molecule is CCc1ccc(C2CC(c3ccccc3)=CC2C(=O)CCC2=CC=C(c3ccccc3)C2)cc1. The van der Waals surface area contributed by atoms with Gasteiger partial charge in [-0.15, -0.1) is 0 Å². The standard InChI is InChI=1S/C33H32O/c1-2-24-13-17-28(18-14-24)31-22-30(27-11-7-4-8-12-27)23-32(31)33(34)20-16-25-15-19-29(21-25)26-9-5-3-6-10-26/h3-15,17-19,23,31-32H,2,16,20-22H2,1H3. The van der Waals surface area contributed by atoms with Crippen LogP contribution in [0.4, 0.5) is 0 Å². The maximum Gasteiger partial charge on any atom is 0.140 e. The third-order valence-corrected chi connectivity index (χ3v) is 7.36. The van der Waals surface area contributed by atoms with Gasteiger partial charge in [-0.25, -0.2) is 0 Å². The summed E-state index contributed by atoms with van der Waals surface area (Å²) in [6, 6.07) is 30.0. The van der Waals surface area contributed by atoms with Gasteiger partial charge in [0.25, 0.3) is 0 Å². The van der Waals surface area contributed by atoms with E-state index in [0.717, 1.165) is 25.7 Å². The number of hydrogen-bond donors (Lipinski definition) is 0. The van der Waals surface area contributed by atoms with Gasteiger partial charge in [-0.3, -0.25) is 4.79 Å². The number of allylic oxidation sites excluding steroid dienone is 6. The Balaban J connectivity index is 1.29. The molecule has 3 aromatic carbocycles. The van der Waals surface area contributed by atoms with E-state index in [-0.39, 0.29) is 11.8 Å². The maximum atomic E-state index is 13.5. The lowest BCUT2D eigenvalue weighted by atomic mass is 9.83. The van der Waals surface area contributed by atoms with E-state index in [2.05, 4.69) is 110 Å². The first kappa shape index (κ1) is 22.3. The average Bonchev–Trinajstić information content (AvgIpc) is 3.56. The normalized spacial score (nSPS) is 19.5. The van der Waals surface area contributed by atoms with Crippen molar-refractivity contribution in [1.29, 1.82) is 0 Å². The number of Topliss-reactive ketones (excluding diaryl/α,β-unsaturated/α-hetero) is 1. The molecule has 5 rings (SSSR count). The first-order valence-electron chi connectivity index (χ1n) is 12.5. The molecule has 0 bridgehead atoms. The molecule has 0 aromatic heterocycles. The van der Waals surface area contributed by atoms with E-state index in [1.54, 1.807) is 0 Å². The second-order valence-corrected chi connectivity index (χ2v) is 9.52. The fourth-order valence-corrected chi connectivity index (χ4v) is 5.33. The third-order valence-electron chi connectivity index (χ3n) is 7.36. The Labute approximate surface area is 203 Å². The van der Waals surface area contributed by atoms with Gasteiger partial charge in [0.15, 0.2) is 0 Å². The molecule has 3 aromatic rings. The van der Waals surface area contributed by atoms with Crippen LogP contribution in [-0.2, 0) is 11.2 Å². The van der Waals surface area contributed by atoms with Crippen LogP contribution in [0.1, 0.15) is 60.8 Å². The summed E-state index contributed by atoms with van der Waals surface area (Å²) < 4.78 is 0. The zero-order valence-electron chi connectivity index (χ0n) is 19.9. The molecule has 2 aliphatic carbocycles. The molecule has 0 fully saturated rings. The van der Waals surface area contributed by atoms with Crippen molar-refractivity contribution in [1.82, 2.24) is 0 Å².